The number of urea groups is 1. The molecule has 0 fully saturated rings. The number of hydrogen-bond acceptors (Lipinski definition) is 5. The summed E-state index contributed by atoms with van der Waals surface area (Å²) in [4.78, 5) is 15.9. The third kappa shape index (κ3) is 6.36. The van der Waals surface area contributed by atoms with Crippen molar-refractivity contribution in [3.63, 3.8) is 0 Å². The van der Waals surface area contributed by atoms with Crippen molar-refractivity contribution in [2.45, 2.75) is 6.10 Å². The molecule has 2 amide bonds. The van der Waals surface area contributed by atoms with Gasteiger partial charge in [-0.2, -0.15) is 0 Å². The van der Waals surface area contributed by atoms with Crippen molar-refractivity contribution in [3.8, 4) is 5.88 Å². The monoisotopic (exact) mass is 349 g/mol. The molecule has 0 spiro atoms. The van der Waals surface area contributed by atoms with Gasteiger partial charge in [0.2, 0.25) is 5.88 Å². The van der Waals surface area contributed by atoms with Crippen LogP contribution in [0.2, 0.25) is 0 Å². The fraction of sp³-hybridized carbons (Fsp3) is 0.294. The smallest absolute Gasteiger partial charge is 0.319 e. The van der Waals surface area contributed by atoms with Gasteiger partial charge in [-0.3, -0.25) is 0 Å². The number of halogens is 1. The maximum atomic E-state index is 12.8. The summed E-state index contributed by atoms with van der Waals surface area (Å²) in [5.41, 5.74) is 0.994. The minimum atomic E-state index is -0.930. The summed E-state index contributed by atoms with van der Waals surface area (Å²) in [7, 11) is 1.58. The Morgan fingerprint density at radius 1 is 1.24 bits per heavy atom. The van der Waals surface area contributed by atoms with Crippen molar-refractivity contribution in [3.05, 3.63) is 54.0 Å². The molecule has 7 nitrogen and oxygen atoms in total. The zero-order valence-electron chi connectivity index (χ0n) is 13.7. The van der Waals surface area contributed by atoms with Crippen molar-refractivity contribution in [2.24, 2.45) is 0 Å². The summed E-state index contributed by atoms with van der Waals surface area (Å²) < 4.78 is 23.0. The highest BCUT2D eigenvalue weighted by molar-refractivity contribution is 5.89. The number of amides is 2. The van der Waals surface area contributed by atoms with Crippen molar-refractivity contribution in [1.82, 2.24) is 10.3 Å². The highest BCUT2D eigenvalue weighted by atomic mass is 19.1. The Labute approximate surface area is 144 Å². The molecular formula is C17H20FN3O4. The van der Waals surface area contributed by atoms with Crippen molar-refractivity contribution < 1.29 is 23.8 Å². The minimum absolute atomic E-state index is 0.0108. The van der Waals surface area contributed by atoms with E-state index in [1.54, 1.807) is 19.2 Å². The molecular weight excluding hydrogens is 329 g/mol. The maximum Gasteiger partial charge on any atom is 0.319 e. The van der Waals surface area contributed by atoms with E-state index in [2.05, 4.69) is 15.6 Å². The Hall–Kier alpha value is -2.71. The topological polar surface area (TPSA) is 92.7 Å². The lowest BCUT2D eigenvalue weighted by atomic mass is 10.1. The van der Waals surface area contributed by atoms with Crippen molar-refractivity contribution >= 4 is 11.7 Å². The molecule has 0 aliphatic carbocycles. The summed E-state index contributed by atoms with van der Waals surface area (Å²) in [5.74, 6) is 0.0403. The first-order valence-corrected chi connectivity index (χ1v) is 7.64. The van der Waals surface area contributed by atoms with Crippen LogP contribution in [-0.2, 0) is 4.74 Å². The zero-order chi connectivity index (χ0) is 18.1. The third-order valence-electron chi connectivity index (χ3n) is 3.24. The second kappa shape index (κ2) is 9.55. The Morgan fingerprint density at radius 3 is 2.64 bits per heavy atom. The normalized spacial score (nSPS) is 11.6. The molecule has 0 bridgehead atoms. The SMILES string of the molecule is COCCOc1ccc(NC(=O)NC[C@H](O)c2ccc(F)cc2)cn1. The summed E-state index contributed by atoms with van der Waals surface area (Å²) in [6, 6.07) is 8.21. The first-order chi connectivity index (χ1) is 12.1. The van der Waals surface area contributed by atoms with Crippen LogP contribution < -0.4 is 15.4 Å². The van der Waals surface area contributed by atoms with Crippen LogP contribution in [0.15, 0.2) is 42.6 Å². The van der Waals surface area contributed by atoms with Gasteiger partial charge in [-0.1, -0.05) is 12.1 Å². The Kier molecular flexibility index (Phi) is 7.12. The molecule has 1 aromatic carbocycles. The van der Waals surface area contributed by atoms with Gasteiger partial charge in [0.25, 0.3) is 0 Å². The molecule has 0 saturated heterocycles. The van der Waals surface area contributed by atoms with E-state index in [-0.39, 0.29) is 12.4 Å². The highest BCUT2D eigenvalue weighted by Gasteiger charge is 2.10. The number of anilines is 1. The van der Waals surface area contributed by atoms with E-state index in [4.69, 9.17) is 9.47 Å². The lowest BCUT2D eigenvalue weighted by molar-refractivity contribution is 0.144. The van der Waals surface area contributed by atoms with Crippen LogP contribution in [0.4, 0.5) is 14.9 Å². The minimum Gasteiger partial charge on any atom is -0.475 e. The van der Waals surface area contributed by atoms with Gasteiger partial charge in [0.15, 0.2) is 0 Å². The van der Waals surface area contributed by atoms with Gasteiger partial charge in [-0.25, -0.2) is 14.2 Å². The summed E-state index contributed by atoms with van der Waals surface area (Å²) in [6.45, 7) is 0.835. The van der Waals surface area contributed by atoms with E-state index < -0.39 is 12.1 Å². The number of pyridine rings is 1. The molecule has 1 aromatic heterocycles. The first kappa shape index (κ1) is 18.6. The molecule has 3 N–H and O–H groups in total. The summed E-state index contributed by atoms with van der Waals surface area (Å²) >= 11 is 0. The molecule has 1 atom stereocenters. The molecule has 1 heterocycles. The van der Waals surface area contributed by atoms with Crippen LogP contribution in [0.1, 0.15) is 11.7 Å². The van der Waals surface area contributed by atoms with Gasteiger partial charge in [0.05, 0.1) is 24.6 Å². The molecule has 25 heavy (non-hydrogen) atoms. The second-order valence-corrected chi connectivity index (χ2v) is 5.13. The van der Waals surface area contributed by atoms with Gasteiger partial charge < -0.3 is 25.2 Å². The average Bonchev–Trinajstić information content (AvgIpc) is 2.62. The third-order valence-corrected chi connectivity index (χ3v) is 3.24. The van der Waals surface area contributed by atoms with Crippen LogP contribution >= 0.6 is 0 Å². The molecule has 0 aliphatic heterocycles. The number of nitrogens with one attached hydrogen (secondary N) is 2. The number of carbonyl (C=O) groups is 1. The van der Waals surface area contributed by atoms with Gasteiger partial charge in [0.1, 0.15) is 12.4 Å². The highest BCUT2D eigenvalue weighted by Crippen LogP contribution is 2.13. The predicted octanol–water partition coefficient (Wildman–Crippen LogP) is 2.10. The lowest BCUT2D eigenvalue weighted by Crippen LogP contribution is -2.32. The first-order valence-electron chi connectivity index (χ1n) is 7.64. The number of nitrogens with zero attached hydrogens (tertiary/aromatic N) is 1. The number of aliphatic hydroxyl groups excluding tert-OH is 1. The number of ether oxygens (including phenoxy) is 2. The standard InChI is InChI=1S/C17H20FN3O4/c1-24-8-9-25-16-7-6-14(10-19-16)21-17(23)20-11-15(22)12-2-4-13(18)5-3-12/h2-7,10,15,22H,8-9,11H2,1H3,(H2,20,21,23)/t15-/m0/s1. The second-order valence-electron chi connectivity index (χ2n) is 5.13. The zero-order valence-corrected chi connectivity index (χ0v) is 13.7. The van der Waals surface area contributed by atoms with E-state index in [0.717, 1.165) is 0 Å². The number of carbonyl (C=O) groups excluding carboxylic acids is 1. The average molecular weight is 349 g/mol. The van der Waals surface area contributed by atoms with Gasteiger partial charge in [-0.05, 0) is 23.8 Å². The van der Waals surface area contributed by atoms with Crippen molar-refractivity contribution in [2.75, 3.05) is 32.2 Å². The molecule has 8 heteroatoms. The number of methoxy groups -OCH3 is 1. The van der Waals surface area contributed by atoms with Crippen LogP contribution in [0.25, 0.3) is 0 Å². The maximum absolute atomic E-state index is 12.8. The van der Waals surface area contributed by atoms with Crippen LogP contribution in [-0.4, -0.2) is 43.0 Å². The Bertz CT molecular complexity index is 665. The number of hydrogen-bond donors (Lipinski definition) is 3. The summed E-state index contributed by atoms with van der Waals surface area (Å²) in [6.07, 6.45) is 0.527. The fourth-order valence-corrected chi connectivity index (χ4v) is 1.94. The molecule has 0 aliphatic rings. The summed E-state index contributed by atoms with van der Waals surface area (Å²) in [5, 5.41) is 15.1. The molecule has 2 rings (SSSR count). The van der Waals surface area contributed by atoms with Gasteiger partial charge >= 0.3 is 6.03 Å². The van der Waals surface area contributed by atoms with Crippen LogP contribution in [0.3, 0.4) is 0 Å². The quantitative estimate of drug-likeness (QED) is 0.635. The van der Waals surface area contributed by atoms with E-state index in [1.807, 2.05) is 0 Å². The van der Waals surface area contributed by atoms with Crippen LogP contribution in [0, 0.1) is 5.82 Å². The predicted molar refractivity (Wildman–Crippen MR) is 90.0 cm³/mol. The van der Waals surface area contributed by atoms with Crippen molar-refractivity contribution in [1.29, 1.82) is 0 Å². The largest absolute Gasteiger partial charge is 0.475 e. The number of aliphatic hydroxyl groups is 1. The molecule has 0 radical (unpaired) electrons. The molecule has 0 unspecified atom stereocenters. The van der Waals surface area contributed by atoms with Crippen LogP contribution in [0.5, 0.6) is 5.88 Å². The molecule has 0 saturated carbocycles. The van der Waals surface area contributed by atoms with Gasteiger partial charge in [-0.15, -0.1) is 0 Å². The fourth-order valence-electron chi connectivity index (χ4n) is 1.94. The lowest BCUT2D eigenvalue weighted by Gasteiger charge is -2.13. The number of rotatable bonds is 8. The van der Waals surface area contributed by atoms with E-state index >= 15 is 0 Å². The molecule has 2 aromatic rings. The van der Waals surface area contributed by atoms with Gasteiger partial charge in [0, 0.05) is 19.7 Å². The Morgan fingerprint density at radius 2 is 2.00 bits per heavy atom. The molecule has 134 valence electrons. The van der Waals surface area contributed by atoms with E-state index in [0.29, 0.717) is 30.3 Å². The van der Waals surface area contributed by atoms with E-state index in [1.165, 1.54) is 30.5 Å². The Balaban J connectivity index is 1.76. The number of aromatic nitrogens is 1. The van der Waals surface area contributed by atoms with E-state index in [9.17, 15) is 14.3 Å². The number of benzene rings is 1.